The van der Waals surface area contributed by atoms with E-state index in [-0.39, 0.29) is 12.1 Å². The molecule has 1 aliphatic rings. The van der Waals surface area contributed by atoms with Crippen molar-refractivity contribution < 1.29 is 5.11 Å². The van der Waals surface area contributed by atoms with E-state index in [4.69, 9.17) is 9.97 Å². The molecule has 0 unspecified atom stereocenters. The van der Waals surface area contributed by atoms with E-state index < -0.39 is 0 Å². The smallest absolute Gasteiger partial charge is 0.223 e. The molecule has 0 aromatic carbocycles. The molecule has 0 amide bonds. The number of aliphatic hydroxyl groups excluding tert-OH is 1. The molecule has 6 nitrogen and oxygen atoms in total. The first kappa shape index (κ1) is 17.9. The summed E-state index contributed by atoms with van der Waals surface area (Å²) in [7, 11) is 0. The lowest BCUT2D eigenvalue weighted by Gasteiger charge is -2.26. The van der Waals surface area contributed by atoms with E-state index in [1.165, 1.54) is 0 Å². The fraction of sp³-hybridized carbons (Fsp3) is 0.632. The van der Waals surface area contributed by atoms with Crippen LogP contribution in [0.15, 0.2) is 12.3 Å². The van der Waals surface area contributed by atoms with Crippen LogP contribution in [0.3, 0.4) is 0 Å². The Hall–Kier alpha value is -1.95. The molecular weight excluding hydrogens is 314 g/mol. The van der Waals surface area contributed by atoms with Gasteiger partial charge >= 0.3 is 0 Å². The van der Waals surface area contributed by atoms with Crippen molar-refractivity contribution >= 4 is 22.7 Å². The van der Waals surface area contributed by atoms with Gasteiger partial charge in [-0.2, -0.15) is 0 Å². The molecule has 2 heterocycles. The van der Waals surface area contributed by atoms with Gasteiger partial charge in [0.25, 0.3) is 0 Å². The van der Waals surface area contributed by atoms with Crippen LogP contribution in [-0.2, 0) is 0 Å². The van der Waals surface area contributed by atoms with Gasteiger partial charge in [0.2, 0.25) is 5.95 Å². The van der Waals surface area contributed by atoms with Gasteiger partial charge in [-0.05, 0) is 51.5 Å². The molecule has 1 fully saturated rings. The zero-order valence-corrected chi connectivity index (χ0v) is 15.6. The number of rotatable bonds is 5. The maximum absolute atomic E-state index is 9.65. The number of pyridine rings is 1. The topological polar surface area (TPSA) is 83.0 Å². The summed E-state index contributed by atoms with van der Waals surface area (Å²) < 4.78 is 0. The van der Waals surface area contributed by atoms with Crippen LogP contribution in [0.5, 0.6) is 0 Å². The van der Waals surface area contributed by atoms with Gasteiger partial charge in [-0.15, -0.1) is 0 Å². The predicted octanol–water partition coefficient (Wildman–Crippen LogP) is 3.68. The van der Waals surface area contributed by atoms with Gasteiger partial charge in [-0.25, -0.2) is 15.0 Å². The van der Waals surface area contributed by atoms with Crippen molar-refractivity contribution in [1.29, 1.82) is 0 Å². The number of aliphatic hydroxyl groups is 1. The van der Waals surface area contributed by atoms with Crippen molar-refractivity contribution in [1.82, 2.24) is 15.0 Å². The molecule has 0 saturated heterocycles. The third-order valence-corrected chi connectivity index (χ3v) is 4.63. The largest absolute Gasteiger partial charge is 0.393 e. The first-order valence-corrected chi connectivity index (χ1v) is 9.31. The lowest BCUT2D eigenvalue weighted by molar-refractivity contribution is 0.126. The summed E-state index contributed by atoms with van der Waals surface area (Å²) in [4.78, 5) is 14.0. The SMILES string of the molecule is CC(C)Nc1nc(C(C)C)cc2cnc(N[C@H]3CC[C@H](O)CC3)nc12. The fourth-order valence-corrected chi connectivity index (χ4v) is 3.20. The lowest BCUT2D eigenvalue weighted by atomic mass is 9.93. The van der Waals surface area contributed by atoms with Crippen molar-refractivity contribution in [3.63, 3.8) is 0 Å². The quantitative estimate of drug-likeness (QED) is 0.768. The van der Waals surface area contributed by atoms with E-state index in [0.717, 1.165) is 48.1 Å². The van der Waals surface area contributed by atoms with Crippen LogP contribution >= 0.6 is 0 Å². The molecule has 1 aliphatic carbocycles. The normalized spacial score (nSPS) is 21.1. The number of anilines is 2. The molecule has 136 valence electrons. The van der Waals surface area contributed by atoms with Crippen LogP contribution in [0.2, 0.25) is 0 Å². The molecule has 3 rings (SSSR count). The standard InChI is InChI=1S/C19H29N5O/c1-11(2)16-9-13-10-20-19(22-14-5-7-15(25)8-6-14)24-17(13)18(23-16)21-12(3)4/h9-12,14-15,25H,5-8H2,1-4H3,(H,21,23)(H,20,22,24)/t14-,15-. The third-order valence-electron chi connectivity index (χ3n) is 4.63. The Morgan fingerprint density at radius 1 is 1.08 bits per heavy atom. The molecule has 2 aromatic heterocycles. The lowest BCUT2D eigenvalue weighted by Crippen LogP contribution is -2.28. The van der Waals surface area contributed by atoms with Crippen LogP contribution in [0.4, 0.5) is 11.8 Å². The van der Waals surface area contributed by atoms with Crippen LogP contribution in [0.1, 0.15) is 65.0 Å². The first-order chi connectivity index (χ1) is 11.9. The zero-order chi connectivity index (χ0) is 18.0. The van der Waals surface area contributed by atoms with Crippen molar-refractivity contribution in [2.75, 3.05) is 10.6 Å². The molecule has 0 atom stereocenters. The Labute approximate surface area is 149 Å². The Bertz CT molecular complexity index is 723. The summed E-state index contributed by atoms with van der Waals surface area (Å²) in [6.07, 6.45) is 5.29. The number of fused-ring (bicyclic) bond motifs is 1. The van der Waals surface area contributed by atoms with Crippen molar-refractivity contribution in [3.8, 4) is 0 Å². The van der Waals surface area contributed by atoms with Gasteiger partial charge in [-0.3, -0.25) is 0 Å². The average molecular weight is 343 g/mol. The maximum atomic E-state index is 9.65. The predicted molar refractivity (Wildman–Crippen MR) is 102 cm³/mol. The van der Waals surface area contributed by atoms with Gasteiger partial charge in [0.15, 0.2) is 5.82 Å². The van der Waals surface area contributed by atoms with Gasteiger partial charge in [0.1, 0.15) is 5.52 Å². The Morgan fingerprint density at radius 3 is 2.44 bits per heavy atom. The zero-order valence-electron chi connectivity index (χ0n) is 15.6. The molecule has 3 N–H and O–H groups in total. The summed E-state index contributed by atoms with van der Waals surface area (Å²) in [5, 5.41) is 17.5. The van der Waals surface area contributed by atoms with E-state index in [0.29, 0.717) is 17.9 Å². The molecule has 0 bridgehead atoms. The van der Waals surface area contributed by atoms with Gasteiger partial charge in [-0.1, -0.05) is 13.8 Å². The second-order valence-corrected chi connectivity index (χ2v) is 7.63. The average Bonchev–Trinajstić information content (AvgIpc) is 2.56. The minimum absolute atomic E-state index is 0.156. The van der Waals surface area contributed by atoms with Gasteiger partial charge in [0, 0.05) is 29.4 Å². The molecule has 0 spiro atoms. The van der Waals surface area contributed by atoms with Crippen molar-refractivity contribution in [2.24, 2.45) is 0 Å². The van der Waals surface area contributed by atoms with Gasteiger partial charge < -0.3 is 15.7 Å². The van der Waals surface area contributed by atoms with Crippen LogP contribution in [-0.4, -0.2) is 38.2 Å². The molecule has 0 radical (unpaired) electrons. The first-order valence-electron chi connectivity index (χ1n) is 9.31. The fourth-order valence-electron chi connectivity index (χ4n) is 3.20. The second kappa shape index (κ2) is 7.52. The summed E-state index contributed by atoms with van der Waals surface area (Å²) in [6, 6.07) is 2.68. The third kappa shape index (κ3) is 4.37. The van der Waals surface area contributed by atoms with Crippen molar-refractivity contribution in [3.05, 3.63) is 18.0 Å². The minimum atomic E-state index is -0.156. The second-order valence-electron chi connectivity index (χ2n) is 7.63. The highest BCUT2D eigenvalue weighted by atomic mass is 16.3. The Morgan fingerprint density at radius 2 is 1.80 bits per heavy atom. The van der Waals surface area contributed by atoms with E-state index >= 15 is 0 Å². The number of hydrogen-bond donors (Lipinski definition) is 3. The Kier molecular flexibility index (Phi) is 5.37. The van der Waals surface area contributed by atoms with Crippen LogP contribution < -0.4 is 10.6 Å². The molecule has 2 aromatic rings. The highest BCUT2D eigenvalue weighted by Crippen LogP contribution is 2.26. The molecule has 0 aliphatic heterocycles. The highest BCUT2D eigenvalue weighted by molar-refractivity contribution is 5.89. The molecular formula is C19H29N5O. The van der Waals surface area contributed by atoms with E-state index in [1.807, 2.05) is 6.20 Å². The van der Waals surface area contributed by atoms with E-state index in [1.54, 1.807) is 0 Å². The summed E-state index contributed by atoms with van der Waals surface area (Å²) in [6.45, 7) is 8.48. The summed E-state index contributed by atoms with van der Waals surface area (Å²) in [5.41, 5.74) is 1.90. The number of nitrogens with one attached hydrogen (secondary N) is 2. The van der Waals surface area contributed by atoms with Gasteiger partial charge in [0.05, 0.1) is 6.10 Å². The summed E-state index contributed by atoms with van der Waals surface area (Å²) in [5.74, 6) is 1.81. The van der Waals surface area contributed by atoms with E-state index in [2.05, 4.69) is 49.4 Å². The van der Waals surface area contributed by atoms with Crippen molar-refractivity contribution in [2.45, 2.75) is 77.5 Å². The minimum Gasteiger partial charge on any atom is -0.393 e. The molecule has 6 heteroatoms. The molecule has 1 saturated carbocycles. The number of aromatic nitrogens is 3. The van der Waals surface area contributed by atoms with E-state index in [9.17, 15) is 5.11 Å². The summed E-state index contributed by atoms with van der Waals surface area (Å²) >= 11 is 0. The Balaban J connectivity index is 1.90. The highest BCUT2D eigenvalue weighted by Gasteiger charge is 2.20. The number of nitrogens with zero attached hydrogens (tertiary/aromatic N) is 3. The van der Waals surface area contributed by atoms with Crippen LogP contribution in [0.25, 0.3) is 10.9 Å². The maximum Gasteiger partial charge on any atom is 0.223 e. The van der Waals surface area contributed by atoms with Crippen LogP contribution in [0, 0.1) is 0 Å². The monoisotopic (exact) mass is 343 g/mol. The number of hydrogen-bond acceptors (Lipinski definition) is 6. The molecule has 25 heavy (non-hydrogen) atoms.